The molecule has 1 unspecified atom stereocenters. The molecular formula is C9H16BrNO2. The van der Waals surface area contributed by atoms with Crippen LogP contribution in [-0.4, -0.2) is 28.0 Å². The van der Waals surface area contributed by atoms with E-state index in [1.807, 2.05) is 6.92 Å². The van der Waals surface area contributed by atoms with Gasteiger partial charge in [0.1, 0.15) is 0 Å². The zero-order valence-electron chi connectivity index (χ0n) is 7.85. The number of aliphatic hydroxyl groups is 1. The normalized spacial score (nSPS) is 21.8. The monoisotopic (exact) mass is 249 g/mol. The van der Waals surface area contributed by atoms with Crippen molar-refractivity contribution in [2.75, 3.05) is 6.54 Å². The van der Waals surface area contributed by atoms with Crippen molar-refractivity contribution in [1.29, 1.82) is 0 Å². The molecule has 0 aromatic carbocycles. The van der Waals surface area contributed by atoms with Gasteiger partial charge in [-0.15, -0.1) is 0 Å². The Bertz CT molecular complexity index is 192. The van der Waals surface area contributed by atoms with Crippen LogP contribution in [0.4, 0.5) is 0 Å². The molecule has 1 atom stereocenters. The summed E-state index contributed by atoms with van der Waals surface area (Å²) < 4.78 is 0. The first-order chi connectivity index (χ1) is 6.07. The van der Waals surface area contributed by atoms with Gasteiger partial charge >= 0.3 is 0 Å². The zero-order valence-corrected chi connectivity index (χ0v) is 9.43. The molecule has 0 spiro atoms. The van der Waals surface area contributed by atoms with Crippen LogP contribution in [0.1, 0.15) is 32.6 Å². The van der Waals surface area contributed by atoms with E-state index in [0.717, 1.165) is 25.7 Å². The molecule has 2 N–H and O–H groups in total. The first kappa shape index (κ1) is 11.0. The molecule has 1 aliphatic rings. The summed E-state index contributed by atoms with van der Waals surface area (Å²) in [4.78, 5) is 11.2. The van der Waals surface area contributed by atoms with E-state index in [0.29, 0.717) is 6.54 Å². The van der Waals surface area contributed by atoms with Crippen LogP contribution in [0.15, 0.2) is 0 Å². The molecule has 1 rings (SSSR count). The van der Waals surface area contributed by atoms with Crippen LogP contribution in [0.25, 0.3) is 0 Å². The van der Waals surface area contributed by atoms with E-state index in [1.165, 1.54) is 0 Å². The lowest BCUT2D eigenvalue weighted by atomic mass is 9.80. The van der Waals surface area contributed by atoms with Gasteiger partial charge in [0.15, 0.2) is 0 Å². The first-order valence-corrected chi connectivity index (χ1v) is 5.63. The van der Waals surface area contributed by atoms with Crippen molar-refractivity contribution in [3.8, 4) is 0 Å². The number of halogens is 1. The van der Waals surface area contributed by atoms with Gasteiger partial charge in [0, 0.05) is 6.54 Å². The third-order valence-corrected chi connectivity index (χ3v) is 3.58. The molecule has 0 bridgehead atoms. The Balaban J connectivity index is 2.21. The summed E-state index contributed by atoms with van der Waals surface area (Å²) in [7, 11) is 0. The minimum absolute atomic E-state index is 0.0252. The van der Waals surface area contributed by atoms with Gasteiger partial charge in [-0.2, -0.15) is 0 Å². The van der Waals surface area contributed by atoms with Crippen LogP contribution < -0.4 is 5.32 Å². The molecule has 1 aliphatic carbocycles. The maximum absolute atomic E-state index is 11.3. The fourth-order valence-corrected chi connectivity index (χ4v) is 1.47. The highest BCUT2D eigenvalue weighted by Gasteiger charge is 2.34. The fraction of sp³-hybridized carbons (Fsp3) is 0.889. The molecule has 0 saturated heterocycles. The largest absolute Gasteiger partial charge is 0.388 e. The maximum Gasteiger partial charge on any atom is 0.233 e. The van der Waals surface area contributed by atoms with Gasteiger partial charge in [-0.05, 0) is 25.7 Å². The quantitative estimate of drug-likeness (QED) is 0.736. The van der Waals surface area contributed by atoms with E-state index in [2.05, 4.69) is 21.2 Å². The van der Waals surface area contributed by atoms with Crippen LogP contribution in [0.2, 0.25) is 0 Å². The maximum atomic E-state index is 11.3. The lowest BCUT2D eigenvalue weighted by molar-refractivity contribution is -0.122. The lowest BCUT2D eigenvalue weighted by Gasteiger charge is -2.36. The van der Waals surface area contributed by atoms with Gasteiger partial charge in [-0.25, -0.2) is 0 Å². The summed E-state index contributed by atoms with van der Waals surface area (Å²) in [5.74, 6) is -0.0252. The van der Waals surface area contributed by atoms with Crippen LogP contribution in [0.5, 0.6) is 0 Å². The fourth-order valence-electron chi connectivity index (χ4n) is 1.31. The number of carbonyl (C=O) groups is 1. The Morgan fingerprint density at radius 3 is 2.69 bits per heavy atom. The van der Waals surface area contributed by atoms with Crippen molar-refractivity contribution in [1.82, 2.24) is 5.32 Å². The van der Waals surface area contributed by atoms with Crippen LogP contribution in [0, 0.1) is 0 Å². The average Bonchev–Trinajstić information content (AvgIpc) is 2.09. The average molecular weight is 250 g/mol. The molecule has 0 heterocycles. The van der Waals surface area contributed by atoms with Gasteiger partial charge in [0.2, 0.25) is 5.91 Å². The molecule has 13 heavy (non-hydrogen) atoms. The second-order valence-corrected chi connectivity index (χ2v) is 4.78. The Morgan fingerprint density at radius 2 is 2.31 bits per heavy atom. The second kappa shape index (κ2) is 4.42. The number of carbonyl (C=O) groups excluding carboxylic acids is 1. The number of hydrogen-bond donors (Lipinski definition) is 2. The number of alkyl halides is 1. The van der Waals surface area contributed by atoms with E-state index in [9.17, 15) is 9.90 Å². The molecule has 1 fully saturated rings. The van der Waals surface area contributed by atoms with Crippen molar-refractivity contribution < 1.29 is 9.90 Å². The van der Waals surface area contributed by atoms with Crippen molar-refractivity contribution in [2.45, 2.75) is 43.0 Å². The summed E-state index contributed by atoms with van der Waals surface area (Å²) in [5, 5.41) is 12.4. The first-order valence-electron chi connectivity index (χ1n) is 4.71. The molecule has 0 radical (unpaired) electrons. The third-order valence-electron chi connectivity index (χ3n) is 2.52. The number of nitrogens with one attached hydrogen (secondary N) is 1. The highest BCUT2D eigenvalue weighted by molar-refractivity contribution is 9.10. The molecule has 0 aromatic heterocycles. The smallest absolute Gasteiger partial charge is 0.233 e. The van der Waals surface area contributed by atoms with Crippen molar-refractivity contribution in [3.63, 3.8) is 0 Å². The predicted molar refractivity (Wildman–Crippen MR) is 54.8 cm³/mol. The third kappa shape index (κ3) is 2.95. The number of amides is 1. The summed E-state index contributed by atoms with van der Waals surface area (Å²) in [6, 6.07) is 0. The Kier molecular flexibility index (Phi) is 3.74. The SMILES string of the molecule is CCC(Br)C(=O)NCC1(O)CCC1. The molecule has 3 nitrogen and oxygen atoms in total. The van der Waals surface area contributed by atoms with Crippen LogP contribution in [0.3, 0.4) is 0 Å². The highest BCUT2D eigenvalue weighted by Crippen LogP contribution is 2.30. The van der Waals surface area contributed by atoms with Gasteiger partial charge in [-0.1, -0.05) is 22.9 Å². The highest BCUT2D eigenvalue weighted by atomic mass is 79.9. The van der Waals surface area contributed by atoms with Gasteiger partial charge in [0.25, 0.3) is 0 Å². The Labute approximate surface area is 87.0 Å². The van der Waals surface area contributed by atoms with E-state index < -0.39 is 5.60 Å². The zero-order chi connectivity index (χ0) is 9.90. The minimum atomic E-state index is -0.615. The van der Waals surface area contributed by atoms with Crippen molar-refractivity contribution in [2.24, 2.45) is 0 Å². The van der Waals surface area contributed by atoms with Crippen molar-refractivity contribution in [3.05, 3.63) is 0 Å². The van der Waals surface area contributed by atoms with Gasteiger partial charge in [-0.3, -0.25) is 4.79 Å². The molecule has 0 aliphatic heterocycles. The van der Waals surface area contributed by atoms with Crippen molar-refractivity contribution >= 4 is 21.8 Å². The van der Waals surface area contributed by atoms with Crippen LogP contribution in [-0.2, 0) is 4.79 Å². The minimum Gasteiger partial charge on any atom is -0.388 e. The van der Waals surface area contributed by atoms with Gasteiger partial charge < -0.3 is 10.4 Å². The molecule has 4 heteroatoms. The topological polar surface area (TPSA) is 49.3 Å². The molecule has 76 valence electrons. The molecular weight excluding hydrogens is 234 g/mol. The van der Waals surface area contributed by atoms with Gasteiger partial charge in [0.05, 0.1) is 10.4 Å². The Hall–Kier alpha value is -0.0900. The van der Waals surface area contributed by atoms with E-state index in [-0.39, 0.29) is 10.7 Å². The van der Waals surface area contributed by atoms with Crippen LogP contribution >= 0.6 is 15.9 Å². The number of rotatable bonds is 4. The molecule has 0 aromatic rings. The lowest BCUT2D eigenvalue weighted by Crippen LogP contribution is -2.49. The van der Waals surface area contributed by atoms with E-state index >= 15 is 0 Å². The summed E-state index contributed by atoms with van der Waals surface area (Å²) in [6.07, 6.45) is 3.46. The number of hydrogen-bond acceptors (Lipinski definition) is 2. The molecule has 1 saturated carbocycles. The summed E-state index contributed by atoms with van der Waals surface area (Å²) >= 11 is 3.26. The molecule has 1 amide bonds. The second-order valence-electron chi connectivity index (χ2n) is 3.67. The van der Waals surface area contributed by atoms with E-state index in [1.54, 1.807) is 0 Å². The Morgan fingerprint density at radius 1 is 1.69 bits per heavy atom. The summed E-state index contributed by atoms with van der Waals surface area (Å²) in [5.41, 5.74) is -0.615. The van der Waals surface area contributed by atoms with E-state index in [4.69, 9.17) is 0 Å². The standard InChI is InChI=1S/C9H16BrNO2/c1-2-7(10)8(12)11-6-9(13)4-3-5-9/h7,13H,2-6H2,1H3,(H,11,12). The predicted octanol–water partition coefficient (Wildman–Crippen LogP) is 1.19. The summed E-state index contributed by atoms with van der Waals surface area (Å²) in [6.45, 7) is 2.34.